The number of amides is 1. The molecule has 0 aliphatic heterocycles. The van der Waals surface area contributed by atoms with Gasteiger partial charge in [0.2, 0.25) is 0 Å². The third-order valence-electron chi connectivity index (χ3n) is 3.14. The number of para-hydroxylation sites is 1. The number of hydrogen-bond donors (Lipinski definition) is 2. The summed E-state index contributed by atoms with van der Waals surface area (Å²) in [4.78, 5) is 20.5. The fraction of sp³-hybridized carbons (Fsp3) is 0. The van der Waals surface area contributed by atoms with E-state index in [0.29, 0.717) is 32.3 Å². The maximum absolute atomic E-state index is 12.2. The van der Waals surface area contributed by atoms with E-state index in [4.69, 9.17) is 34.8 Å². The van der Waals surface area contributed by atoms with Crippen molar-refractivity contribution >= 4 is 57.9 Å². The molecule has 1 aromatic heterocycles. The average Bonchev–Trinajstić information content (AvgIpc) is 2.56. The molecule has 3 aromatic rings. The highest BCUT2D eigenvalue weighted by molar-refractivity contribution is 6.35. The molecule has 5 nitrogen and oxygen atoms in total. The Morgan fingerprint density at radius 2 is 1.64 bits per heavy atom. The highest BCUT2D eigenvalue weighted by Crippen LogP contribution is 2.24. The van der Waals surface area contributed by atoms with Crippen LogP contribution in [-0.2, 0) is 0 Å². The molecule has 0 radical (unpaired) electrons. The second kappa shape index (κ2) is 7.70. The predicted octanol–water partition coefficient (Wildman–Crippen LogP) is 5.43. The van der Waals surface area contributed by atoms with E-state index in [0.717, 1.165) is 0 Å². The first-order chi connectivity index (χ1) is 12.0. The van der Waals surface area contributed by atoms with Crippen LogP contribution >= 0.6 is 34.8 Å². The highest BCUT2D eigenvalue weighted by Gasteiger charge is 2.10. The van der Waals surface area contributed by atoms with E-state index in [1.165, 1.54) is 12.4 Å². The van der Waals surface area contributed by atoms with E-state index in [1.54, 1.807) is 24.3 Å². The summed E-state index contributed by atoms with van der Waals surface area (Å²) in [7, 11) is 0. The molecule has 0 saturated heterocycles. The van der Waals surface area contributed by atoms with Gasteiger partial charge in [-0.2, -0.15) is 0 Å². The van der Waals surface area contributed by atoms with Crippen LogP contribution in [-0.4, -0.2) is 15.9 Å². The topological polar surface area (TPSA) is 66.9 Å². The Balaban J connectivity index is 1.71. The fourth-order valence-corrected chi connectivity index (χ4v) is 2.74. The molecule has 0 atom stereocenters. The molecule has 0 spiro atoms. The molecule has 1 amide bonds. The summed E-state index contributed by atoms with van der Waals surface area (Å²) in [6, 6.07) is 12.0. The number of carbonyl (C=O) groups excluding carboxylic acids is 1. The van der Waals surface area contributed by atoms with E-state index >= 15 is 0 Å². The minimum absolute atomic E-state index is 0.154. The first kappa shape index (κ1) is 17.5. The van der Waals surface area contributed by atoms with Crippen molar-refractivity contribution in [2.24, 2.45) is 0 Å². The van der Waals surface area contributed by atoms with Crippen LogP contribution in [0.2, 0.25) is 15.1 Å². The van der Waals surface area contributed by atoms with Crippen LogP contribution in [0.25, 0.3) is 0 Å². The number of hydrogen-bond acceptors (Lipinski definition) is 4. The molecule has 8 heteroatoms. The molecule has 126 valence electrons. The van der Waals surface area contributed by atoms with Crippen LogP contribution in [0, 0.1) is 0 Å². The van der Waals surface area contributed by atoms with Crippen LogP contribution in [0.5, 0.6) is 0 Å². The van der Waals surface area contributed by atoms with Crippen molar-refractivity contribution in [2.75, 3.05) is 10.6 Å². The maximum Gasteiger partial charge on any atom is 0.275 e. The van der Waals surface area contributed by atoms with E-state index in [9.17, 15) is 4.79 Å². The number of nitrogens with zero attached hydrogens (tertiary/aromatic N) is 2. The Labute approximate surface area is 159 Å². The zero-order valence-corrected chi connectivity index (χ0v) is 14.9. The number of benzene rings is 2. The smallest absolute Gasteiger partial charge is 0.275 e. The van der Waals surface area contributed by atoms with Crippen molar-refractivity contribution in [1.82, 2.24) is 9.97 Å². The standard InChI is InChI=1S/C17H11Cl3N4O/c18-10-5-11(19)7-12(6-10)23-17(25)15-8-22-16(9-21-15)24-14-4-2-1-3-13(14)20/h1-9H,(H,22,24)(H,23,25). The van der Waals surface area contributed by atoms with Crippen LogP contribution in [0.15, 0.2) is 54.9 Å². The number of halogens is 3. The Kier molecular flexibility index (Phi) is 5.38. The molecule has 0 aliphatic rings. The number of rotatable bonds is 4. The average molecular weight is 394 g/mol. The minimum atomic E-state index is -0.421. The van der Waals surface area contributed by atoms with E-state index in [-0.39, 0.29) is 5.69 Å². The molecule has 0 bridgehead atoms. The summed E-state index contributed by atoms with van der Waals surface area (Å²) in [5, 5.41) is 7.10. The Hall–Kier alpha value is -2.34. The maximum atomic E-state index is 12.2. The van der Waals surface area contributed by atoms with Gasteiger partial charge >= 0.3 is 0 Å². The highest BCUT2D eigenvalue weighted by atomic mass is 35.5. The Morgan fingerprint density at radius 1 is 0.920 bits per heavy atom. The fourth-order valence-electron chi connectivity index (χ4n) is 2.03. The van der Waals surface area contributed by atoms with Gasteiger partial charge in [-0.1, -0.05) is 46.9 Å². The molecule has 2 aromatic carbocycles. The second-order valence-corrected chi connectivity index (χ2v) is 6.28. The largest absolute Gasteiger partial charge is 0.338 e. The third kappa shape index (κ3) is 4.60. The van der Waals surface area contributed by atoms with E-state index < -0.39 is 5.91 Å². The van der Waals surface area contributed by atoms with Crippen molar-refractivity contribution in [3.05, 3.63) is 75.6 Å². The monoisotopic (exact) mass is 392 g/mol. The van der Waals surface area contributed by atoms with Gasteiger partial charge in [0.1, 0.15) is 11.5 Å². The number of anilines is 3. The molecule has 0 saturated carbocycles. The van der Waals surface area contributed by atoms with E-state index in [2.05, 4.69) is 20.6 Å². The third-order valence-corrected chi connectivity index (χ3v) is 3.91. The number of nitrogens with one attached hydrogen (secondary N) is 2. The second-order valence-electron chi connectivity index (χ2n) is 5.00. The molecule has 3 rings (SSSR count). The van der Waals surface area contributed by atoms with Gasteiger partial charge in [0.25, 0.3) is 5.91 Å². The molecule has 2 N–H and O–H groups in total. The predicted molar refractivity (Wildman–Crippen MR) is 101 cm³/mol. The first-order valence-corrected chi connectivity index (χ1v) is 8.26. The van der Waals surface area contributed by atoms with Crippen LogP contribution < -0.4 is 10.6 Å². The number of aromatic nitrogens is 2. The first-order valence-electron chi connectivity index (χ1n) is 7.12. The summed E-state index contributed by atoms with van der Waals surface area (Å²) in [6.07, 6.45) is 2.81. The molecule has 1 heterocycles. The van der Waals surface area contributed by atoms with E-state index in [1.807, 2.05) is 18.2 Å². The molecular weight excluding hydrogens is 383 g/mol. The van der Waals surface area contributed by atoms with Crippen LogP contribution in [0.1, 0.15) is 10.5 Å². The van der Waals surface area contributed by atoms with Crippen molar-refractivity contribution in [2.45, 2.75) is 0 Å². The number of carbonyl (C=O) groups is 1. The zero-order valence-electron chi connectivity index (χ0n) is 12.6. The Bertz CT molecular complexity index is 896. The van der Waals surface area contributed by atoms with Crippen molar-refractivity contribution in [3.63, 3.8) is 0 Å². The van der Waals surface area contributed by atoms with Crippen LogP contribution in [0.3, 0.4) is 0 Å². The van der Waals surface area contributed by atoms with Crippen LogP contribution in [0.4, 0.5) is 17.2 Å². The summed E-state index contributed by atoms with van der Waals surface area (Å²) in [6.45, 7) is 0. The summed E-state index contributed by atoms with van der Waals surface area (Å²) in [5.41, 5.74) is 1.33. The summed E-state index contributed by atoms with van der Waals surface area (Å²) < 4.78 is 0. The summed E-state index contributed by atoms with van der Waals surface area (Å²) in [5.74, 6) is 0.0468. The van der Waals surface area contributed by atoms with Gasteiger partial charge < -0.3 is 10.6 Å². The van der Waals surface area contributed by atoms with Gasteiger partial charge in [-0.25, -0.2) is 9.97 Å². The van der Waals surface area contributed by atoms with Gasteiger partial charge in [0, 0.05) is 15.7 Å². The van der Waals surface area contributed by atoms with Crippen molar-refractivity contribution < 1.29 is 4.79 Å². The minimum Gasteiger partial charge on any atom is -0.338 e. The van der Waals surface area contributed by atoms with Gasteiger partial charge in [-0.05, 0) is 30.3 Å². The van der Waals surface area contributed by atoms with Gasteiger partial charge in [0.05, 0.1) is 23.1 Å². The van der Waals surface area contributed by atoms with Gasteiger partial charge in [0.15, 0.2) is 0 Å². The lowest BCUT2D eigenvalue weighted by atomic mass is 10.3. The van der Waals surface area contributed by atoms with Gasteiger partial charge in [-0.15, -0.1) is 0 Å². The van der Waals surface area contributed by atoms with Crippen molar-refractivity contribution in [1.29, 1.82) is 0 Å². The molecule has 0 aliphatic carbocycles. The molecule has 25 heavy (non-hydrogen) atoms. The molecule has 0 fully saturated rings. The zero-order chi connectivity index (χ0) is 17.8. The lowest BCUT2D eigenvalue weighted by Crippen LogP contribution is -2.14. The lowest BCUT2D eigenvalue weighted by Gasteiger charge is -2.08. The lowest BCUT2D eigenvalue weighted by molar-refractivity contribution is 0.102. The SMILES string of the molecule is O=C(Nc1cc(Cl)cc(Cl)c1)c1cnc(Nc2ccccc2Cl)cn1. The van der Waals surface area contributed by atoms with Gasteiger partial charge in [-0.3, -0.25) is 4.79 Å². The van der Waals surface area contributed by atoms with Crippen molar-refractivity contribution in [3.8, 4) is 0 Å². The Morgan fingerprint density at radius 3 is 2.28 bits per heavy atom. The quantitative estimate of drug-likeness (QED) is 0.620. The molecule has 0 unspecified atom stereocenters. The molecular formula is C17H11Cl3N4O. The summed E-state index contributed by atoms with van der Waals surface area (Å²) >= 11 is 17.9. The normalized spacial score (nSPS) is 10.4.